The van der Waals surface area contributed by atoms with Crippen molar-refractivity contribution in [1.29, 1.82) is 0 Å². The normalized spacial score (nSPS) is 23.1. The maximum Gasteiger partial charge on any atom is 0.414 e. The third-order valence-corrected chi connectivity index (χ3v) is 7.57. The van der Waals surface area contributed by atoms with Gasteiger partial charge in [-0.3, -0.25) is 9.69 Å². The highest BCUT2D eigenvalue weighted by atomic mass is 16.5. The van der Waals surface area contributed by atoms with Crippen molar-refractivity contribution in [2.24, 2.45) is 5.92 Å². The Labute approximate surface area is 204 Å². The van der Waals surface area contributed by atoms with Crippen LogP contribution in [0.1, 0.15) is 68.1 Å². The first-order valence-corrected chi connectivity index (χ1v) is 12.3. The zero-order valence-corrected chi connectivity index (χ0v) is 20.1. The number of aliphatic carboxylic acids is 1. The second-order valence-corrected chi connectivity index (χ2v) is 9.67. The number of aliphatic hydroxyl groups is 1. The molecule has 1 unspecified atom stereocenters. The van der Waals surface area contributed by atoms with Crippen LogP contribution in [0.2, 0.25) is 0 Å². The van der Waals surface area contributed by atoms with Crippen molar-refractivity contribution in [2.75, 3.05) is 12.0 Å². The van der Waals surface area contributed by atoms with Crippen molar-refractivity contribution in [3.63, 3.8) is 0 Å². The van der Waals surface area contributed by atoms with Gasteiger partial charge in [0.25, 0.3) is 0 Å². The molecule has 3 aromatic rings. The summed E-state index contributed by atoms with van der Waals surface area (Å²) in [5.41, 5.74) is 4.08. The molecule has 1 amide bonds. The van der Waals surface area contributed by atoms with E-state index in [1.807, 2.05) is 49.4 Å². The lowest BCUT2D eigenvalue weighted by Crippen LogP contribution is -2.42. The highest BCUT2D eigenvalue weighted by molar-refractivity contribution is 5.95. The molecule has 184 valence electrons. The Hall–Kier alpha value is -3.39. The minimum Gasteiger partial charge on any atom is -0.481 e. The van der Waals surface area contributed by atoms with Gasteiger partial charge in [0, 0.05) is 17.6 Å². The molecule has 1 fully saturated rings. The monoisotopic (exact) mass is 477 g/mol. The van der Waals surface area contributed by atoms with Gasteiger partial charge in [0.15, 0.2) is 0 Å². The number of aliphatic hydroxyl groups excluding tert-OH is 1. The van der Waals surface area contributed by atoms with Crippen LogP contribution in [0.25, 0.3) is 11.0 Å². The molecule has 2 aromatic carbocycles. The number of benzene rings is 2. The third kappa shape index (κ3) is 4.05. The number of nitrogens with zero attached hydrogens (tertiary/aromatic N) is 3. The smallest absolute Gasteiger partial charge is 0.414 e. The quantitative estimate of drug-likeness (QED) is 0.557. The predicted octanol–water partition coefficient (Wildman–Crippen LogP) is 4.84. The van der Waals surface area contributed by atoms with E-state index in [1.165, 1.54) is 7.11 Å². The Morgan fingerprint density at radius 3 is 2.60 bits per heavy atom. The molecule has 35 heavy (non-hydrogen) atoms. The molecule has 8 heteroatoms. The fourth-order valence-corrected chi connectivity index (χ4v) is 5.78. The van der Waals surface area contributed by atoms with Crippen molar-refractivity contribution in [1.82, 2.24) is 9.55 Å². The summed E-state index contributed by atoms with van der Waals surface area (Å²) in [6.07, 6.45) is 2.96. The Morgan fingerprint density at radius 1 is 1.11 bits per heavy atom. The third-order valence-electron chi connectivity index (χ3n) is 7.57. The summed E-state index contributed by atoms with van der Waals surface area (Å²) >= 11 is 0. The summed E-state index contributed by atoms with van der Waals surface area (Å²) in [6.45, 7) is 2.00. The zero-order valence-electron chi connectivity index (χ0n) is 20.1. The number of aryl methyl sites for hydroxylation is 1. The Balaban J connectivity index is 1.69. The van der Waals surface area contributed by atoms with Gasteiger partial charge >= 0.3 is 12.1 Å². The first kappa shape index (κ1) is 23.4. The van der Waals surface area contributed by atoms with Gasteiger partial charge < -0.3 is 19.5 Å². The van der Waals surface area contributed by atoms with Crippen LogP contribution in [-0.4, -0.2) is 45.0 Å². The first-order valence-electron chi connectivity index (χ1n) is 12.3. The number of carboxylic acid groups (broad SMARTS) is 1. The van der Waals surface area contributed by atoms with E-state index >= 15 is 0 Å². The SMILES string of the molecule is COC(=O)N1c2ccc3c(nc([C@@H](O)c4ccccc4)n3C3CCC[C@@H](C(=O)O)C3)c2CC[C@@H]1C. The molecule has 8 nitrogen and oxygen atoms in total. The van der Waals surface area contributed by atoms with E-state index in [1.54, 1.807) is 4.90 Å². The number of methoxy groups -OCH3 is 1. The fraction of sp³-hybridized carbons (Fsp3) is 0.444. The van der Waals surface area contributed by atoms with E-state index in [0.29, 0.717) is 18.7 Å². The molecule has 2 heterocycles. The molecule has 1 aliphatic heterocycles. The molecule has 0 spiro atoms. The van der Waals surface area contributed by atoms with Crippen LogP contribution in [0.3, 0.4) is 0 Å². The molecule has 0 radical (unpaired) electrons. The second-order valence-electron chi connectivity index (χ2n) is 9.67. The average molecular weight is 478 g/mol. The van der Waals surface area contributed by atoms with E-state index in [-0.39, 0.29) is 12.1 Å². The molecule has 1 saturated carbocycles. The number of fused-ring (bicyclic) bond motifs is 3. The predicted molar refractivity (Wildman–Crippen MR) is 132 cm³/mol. The zero-order chi connectivity index (χ0) is 24.7. The van der Waals surface area contributed by atoms with E-state index in [9.17, 15) is 19.8 Å². The van der Waals surface area contributed by atoms with E-state index in [0.717, 1.165) is 53.5 Å². The van der Waals surface area contributed by atoms with Gasteiger partial charge in [0.05, 0.1) is 29.7 Å². The second kappa shape index (κ2) is 9.34. The molecule has 2 N–H and O–H groups in total. The molecule has 5 rings (SSSR count). The highest BCUT2D eigenvalue weighted by Gasteiger charge is 2.35. The lowest BCUT2D eigenvalue weighted by Gasteiger charge is -2.34. The van der Waals surface area contributed by atoms with E-state index in [2.05, 4.69) is 4.57 Å². The maximum absolute atomic E-state index is 12.6. The molecule has 0 saturated heterocycles. The minimum absolute atomic E-state index is 0.00136. The van der Waals surface area contributed by atoms with Gasteiger partial charge in [0.2, 0.25) is 0 Å². The van der Waals surface area contributed by atoms with Crippen molar-refractivity contribution in [3.05, 3.63) is 59.4 Å². The molecule has 1 aromatic heterocycles. The molecular formula is C27H31N3O5. The molecule has 4 atom stereocenters. The van der Waals surface area contributed by atoms with Crippen molar-refractivity contribution in [3.8, 4) is 0 Å². The average Bonchev–Trinajstić information content (AvgIpc) is 3.28. The van der Waals surface area contributed by atoms with Crippen molar-refractivity contribution in [2.45, 2.75) is 63.6 Å². The molecular weight excluding hydrogens is 446 g/mol. The van der Waals surface area contributed by atoms with Crippen LogP contribution in [0.15, 0.2) is 42.5 Å². The summed E-state index contributed by atoms with van der Waals surface area (Å²) in [7, 11) is 1.38. The number of imidazole rings is 1. The van der Waals surface area contributed by atoms with Crippen molar-refractivity contribution < 1.29 is 24.5 Å². The van der Waals surface area contributed by atoms with Crippen LogP contribution in [0, 0.1) is 5.92 Å². The highest BCUT2D eigenvalue weighted by Crippen LogP contribution is 2.42. The number of anilines is 1. The van der Waals surface area contributed by atoms with Gasteiger partial charge in [0.1, 0.15) is 11.9 Å². The number of hydrogen-bond donors (Lipinski definition) is 2. The van der Waals surface area contributed by atoms with Gasteiger partial charge in [-0.1, -0.05) is 36.8 Å². The number of aromatic nitrogens is 2. The van der Waals surface area contributed by atoms with Gasteiger partial charge in [-0.2, -0.15) is 0 Å². The number of carbonyl (C=O) groups is 2. The van der Waals surface area contributed by atoms with Crippen LogP contribution in [-0.2, 0) is 16.0 Å². The largest absolute Gasteiger partial charge is 0.481 e. The number of hydrogen-bond acceptors (Lipinski definition) is 5. The van der Waals surface area contributed by atoms with Crippen molar-refractivity contribution >= 4 is 28.8 Å². The number of carboxylic acids is 1. The lowest BCUT2D eigenvalue weighted by molar-refractivity contribution is -0.143. The van der Waals surface area contributed by atoms with E-state index < -0.39 is 24.1 Å². The molecule has 1 aliphatic carbocycles. The standard InChI is InChI=1S/C27H31N3O5/c1-16-11-12-20-21(29(16)27(34)35-2)13-14-22-23(20)28-25(24(31)17-7-4-3-5-8-17)30(22)19-10-6-9-18(15-19)26(32)33/h3-5,7-8,13-14,16,18-19,24,31H,6,9-12,15H2,1-2H3,(H,32,33)/t16-,18+,19?,24-/m0/s1. The topological polar surface area (TPSA) is 105 Å². The Kier molecular flexibility index (Phi) is 6.23. The Morgan fingerprint density at radius 2 is 1.89 bits per heavy atom. The number of carbonyl (C=O) groups excluding carboxylic acids is 1. The summed E-state index contributed by atoms with van der Waals surface area (Å²) in [5.74, 6) is -0.676. The van der Waals surface area contributed by atoms with Gasteiger partial charge in [-0.05, 0) is 56.7 Å². The van der Waals surface area contributed by atoms with Crippen LogP contribution in [0.5, 0.6) is 0 Å². The summed E-state index contributed by atoms with van der Waals surface area (Å²) in [4.78, 5) is 31.0. The minimum atomic E-state index is -0.955. The summed E-state index contributed by atoms with van der Waals surface area (Å²) in [6, 6.07) is 13.2. The van der Waals surface area contributed by atoms with E-state index in [4.69, 9.17) is 9.72 Å². The van der Waals surface area contributed by atoms with Gasteiger partial charge in [-0.25, -0.2) is 9.78 Å². The fourth-order valence-electron chi connectivity index (χ4n) is 5.78. The number of rotatable bonds is 4. The first-order chi connectivity index (χ1) is 16.9. The number of amides is 1. The van der Waals surface area contributed by atoms with Crippen LogP contribution < -0.4 is 4.90 Å². The van der Waals surface area contributed by atoms with Crippen LogP contribution >= 0.6 is 0 Å². The Bertz CT molecular complexity index is 1250. The summed E-state index contributed by atoms with van der Waals surface area (Å²) < 4.78 is 7.11. The van der Waals surface area contributed by atoms with Gasteiger partial charge in [-0.15, -0.1) is 0 Å². The molecule has 0 bridgehead atoms. The lowest BCUT2D eigenvalue weighted by atomic mass is 9.85. The maximum atomic E-state index is 12.6. The van der Waals surface area contributed by atoms with Crippen LogP contribution in [0.4, 0.5) is 10.5 Å². The molecule has 2 aliphatic rings. The summed E-state index contributed by atoms with van der Waals surface area (Å²) in [5, 5.41) is 21.1. The number of ether oxygens (including phenoxy) is 1.